The summed E-state index contributed by atoms with van der Waals surface area (Å²) in [5, 5.41) is 4.61. The second-order valence-corrected chi connectivity index (χ2v) is 14.0. The first-order valence-corrected chi connectivity index (χ1v) is 17.1. The van der Waals surface area contributed by atoms with Crippen LogP contribution in [0.5, 0.6) is 0 Å². The quantitative estimate of drug-likeness (QED) is 0.181. The van der Waals surface area contributed by atoms with E-state index in [4.69, 9.17) is 4.42 Å². The Bertz CT molecular complexity index is 2410. The van der Waals surface area contributed by atoms with Gasteiger partial charge in [0.05, 0.1) is 15.9 Å². The van der Waals surface area contributed by atoms with Crippen LogP contribution in [-0.4, -0.2) is 25.9 Å². The summed E-state index contributed by atoms with van der Waals surface area (Å²) >= 11 is 0. The van der Waals surface area contributed by atoms with E-state index in [9.17, 15) is 25.9 Å². The molecule has 0 spiro atoms. The number of rotatable bonds is 6. The molecule has 0 fully saturated rings. The van der Waals surface area contributed by atoms with Gasteiger partial charge in [-0.25, -0.2) is 21.8 Å². The highest BCUT2D eigenvalue weighted by molar-refractivity contribution is 7.86. The molecule has 0 saturated heterocycles. The molecule has 46 heavy (non-hydrogen) atoms. The zero-order valence-electron chi connectivity index (χ0n) is 25.3. The molecule has 9 nitrogen and oxygen atoms in total. The highest BCUT2D eigenvalue weighted by atomic mass is 32.2. The molecule has 4 aromatic rings. The monoisotopic (exact) mass is 653 g/mol. The van der Waals surface area contributed by atoms with Gasteiger partial charge < -0.3 is 18.8 Å². The van der Waals surface area contributed by atoms with Crippen molar-refractivity contribution in [2.75, 3.05) is 5.32 Å². The van der Waals surface area contributed by atoms with E-state index in [1.165, 1.54) is 6.07 Å². The lowest BCUT2D eigenvalue weighted by Crippen LogP contribution is -2.71. The average Bonchev–Trinajstić information content (AvgIpc) is 2.98. The third-order valence-corrected chi connectivity index (χ3v) is 9.71. The maximum atomic E-state index is 12.5. The van der Waals surface area contributed by atoms with Crippen LogP contribution in [0.15, 0.2) is 105 Å². The largest absolute Gasteiger partial charge is 0.744 e. The van der Waals surface area contributed by atoms with E-state index in [1.54, 1.807) is 36.4 Å². The summed E-state index contributed by atoms with van der Waals surface area (Å²) in [5.41, 5.74) is 7.83. The Morgan fingerprint density at radius 3 is 1.93 bits per heavy atom. The smallest absolute Gasteiger partial charge is 0.209 e. The Hall–Kier alpha value is -4.81. The van der Waals surface area contributed by atoms with Gasteiger partial charge in [-0.2, -0.15) is 0 Å². The fourth-order valence-electron chi connectivity index (χ4n) is 5.72. The molecule has 0 radical (unpaired) electrons. The molecule has 0 saturated carbocycles. The van der Waals surface area contributed by atoms with Crippen molar-refractivity contribution in [1.82, 2.24) is 0 Å². The molecule has 1 aliphatic carbocycles. The molecule has 2 aliphatic rings. The summed E-state index contributed by atoms with van der Waals surface area (Å²) < 4.78 is 79.3. The molecule has 4 aromatic carbocycles. The predicted molar refractivity (Wildman–Crippen MR) is 173 cm³/mol. The summed E-state index contributed by atoms with van der Waals surface area (Å²) in [4.78, 5) is 1.79. The van der Waals surface area contributed by atoms with Crippen molar-refractivity contribution in [3.8, 4) is 22.5 Å². The van der Waals surface area contributed by atoms with Gasteiger partial charge in [0.1, 0.15) is 31.6 Å². The second-order valence-electron chi connectivity index (χ2n) is 11.2. The SMILES string of the molecule is Cc1cccc(C)c1Nc1ccc2c(-c3ccc(S(=O)(=O)[O-])cc3S(=O)(=O)[O-])c3ccc(=[NH+]c4c(C)cccc4C)cc-3oc2c1. The lowest BCUT2D eigenvalue weighted by atomic mass is 9.93. The third kappa shape index (κ3) is 5.93. The van der Waals surface area contributed by atoms with Gasteiger partial charge in [0.25, 0.3) is 0 Å². The van der Waals surface area contributed by atoms with Crippen molar-refractivity contribution in [3.05, 3.63) is 119 Å². The number of anilines is 2. The van der Waals surface area contributed by atoms with E-state index in [1.807, 2.05) is 64.1 Å². The number of benzene rings is 5. The van der Waals surface area contributed by atoms with Crippen LogP contribution in [0.2, 0.25) is 0 Å². The number of fused-ring (bicyclic) bond motifs is 2. The van der Waals surface area contributed by atoms with E-state index in [2.05, 4.69) is 10.3 Å². The highest BCUT2D eigenvalue weighted by Gasteiger charge is 2.23. The first-order chi connectivity index (χ1) is 21.7. The molecule has 2 N–H and O–H groups in total. The number of hydrogen-bond acceptors (Lipinski definition) is 8. The van der Waals surface area contributed by atoms with Gasteiger partial charge in [-0.1, -0.05) is 42.5 Å². The molecule has 0 atom stereocenters. The van der Waals surface area contributed by atoms with Crippen molar-refractivity contribution >= 4 is 48.3 Å². The van der Waals surface area contributed by atoms with E-state index < -0.39 is 30.0 Å². The van der Waals surface area contributed by atoms with Crippen LogP contribution in [0, 0.1) is 27.7 Å². The van der Waals surface area contributed by atoms with Crippen molar-refractivity contribution < 1.29 is 35.4 Å². The van der Waals surface area contributed by atoms with Crippen LogP contribution in [0.4, 0.5) is 17.1 Å². The number of nitrogens with one attached hydrogen (secondary N) is 2. The van der Waals surface area contributed by atoms with E-state index >= 15 is 0 Å². The lowest BCUT2D eigenvalue weighted by Gasteiger charge is -2.21. The number of para-hydroxylation sites is 2. The van der Waals surface area contributed by atoms with Crippen molar-refractivity contribution in [2.24, 2.45) is 0 Å². The minimum Gasteiger partial charge on any atom is -0.744 e. The molecule has 234 valence electrons. The average molecular weight is 654 g/mol. The van der Waals surface area contributed by atoms with Gasteiger partial charge in [0.2, 0.25) is 11.0 Å². The molecule has 0 aromatic heterocycles. The van der Waals surface area contributed by atoms with Crippen LogP contribution in [0.25, 0.3) is 33.4 Å². The van der Waals surface area contributed by atoms with Crippen molar-refractivity contribution in [3.63, 3.8) is 0 Å². The topological polar surface area (TPSA) is 154 Å². The fraction of sp³-hybridized carbons (Fsp3) is 0.114. The summed E-state index contributed by atoms with van der Waals surface area (Å²) in [5.74, 6) is 0.373. The minimum absolute atomic E-state index is 0.0564. The van der Waals surface area contributed by atoms with Gasteiger partial charge in [0.15, 0.2) is 0 Å². The lowest BCUT2D eigenvalue weighted by molar-refractivity contribution is -0.403. The number of aryl methyl sites for hydroxylation is 4. The Labute approximate surface area is 266 Å². The molecule has 1 heterocycles. The Balaban J connectivity index is 1.67. The first kappa shape index (κ1) is 31.2. The fourth-order valence-corrected chi connectivity index (χ4v) is 7.00. The van der Waals surface area contributed by atoms with Crippen LogP contribution in [0.1, 0.15) is 22.3 Å². The molecular formula is C35H29N2O7S2-. The molecule has 0 amide bonds. The van der Waals surface area contributed by atoms with Crippen molar-refractivity contribution in [2.45, 2.75) is 37.5 Å². The zero-order valence-corrected chi connectivity index (χ0v) is 27.0. The predicted octanol–water partition coefficient (Wildman–Crippen LogP) is 5.30. The third-order valence-electron chi connectivity index (χ3n) is 8.00. The van der Waals surface area contributed by atoms with Crippen LogP contribution in [0.3, 0.4) is 0 Å². The summed E-state index contributed by atoms with van der Waals surface area (Å²) in [7, 11) is -10.3. The van der Waals surface area contributed by atoms with Crippen LogP contribution >= 0.6 is 0 Å². The zero-order chi connectivity index (χ0) is 33.0. The normalized spacial score (nSPS) is 12.6. The Morgan fingerprint density at radius 2 is 1.30 bits per heavy atom. The van der Waals surface area contributed by atoms with Gasteiger partial charge in [0, 0.05) is 56.7 Å². The molecular weight excluding hydrogens is 625 g/mol. The van der Waals surface area contributed by atoms with Gasteiger partial charge >= 0.3 is 0 Å². The number of hydrogen-bond donors (Lipinski definition) is 2. The minimum atomic E-state index is -5.23. The molecule has 11 heteroatoms. The molecule has 0 bridgehead atoms. The van der Waals surface area contributed by atoms with E-state index in [0.717, 1.165) is 39.7 Å². The second kappa shape index (κ2) is 11.5. The molecule has 0 unspecified atom stereocenters. The summed E-state index contributed by atoms with van der Waals surface area (Å²) in [6, 6.07) is 25.4. The van der Waals surface area contributed by atoms with Crippen molar-refractivity contribution in [1.29, 1.82) is 0 Å². The van der Waals surface area contributed by atoms with Gasteiger partial charge in [-0.15, -0.1) is 0 Å². The summed E-state index contributed by atoms with van der Waals surface area (Å²) in [6.45, 7) is 7.98. The van der Waals surface area contributed by atoms with E-state index in [-0.39, 0.29) is 5.56 Å². The summed E-state index contributed by atoms with van der Waals surface area (Å²) in [6.07, 6.45) is 0. The molecule has 1 aliphatic heterocycles. The maximum absolute atomic E-state index is 12.5. The highest BCUT2D eigenvalue weighted by Crippen LogP contribution is 2.43. The molecule has 6 rings (SSSR count). The van der Waals surface area contributed by atoms with Crippen LogP contribution < -0.4 is 15.7 Å². The maximum Gasteiger partial charge on any atom is 0.209 e. The standard InChI is InChI=1S/C35H30N2O7S2/c1-20-7-5-8-21(2)34(20)36-24-11-14-27-30(17-24)44-31-18-25(37-35-22(3)9-6-10-23(35)4)12-15-28(31)33(27)29-16-13-26(45(38,39)40)19-32(29)46(41,42)43/h5-19,36H,1-4H3,(H,38,39,40)(H,41,42,43)/p-1. The van der Waals surface area contributed by atoms with Gasteiger partial charge in [-0.3, -0.25) is 0 Å². The van der Waals surface area contributed by atoms with Gasteiger partial charge in [-0.05, 0) is 69.2 Å². The first-order valence-electron chi connectivity index (χ1n) is 14.3. The van der Waals surface area contributed by atoms with E-state index in [0.29, 0.717) is 45.0 Å². The van der Waals surface area contributed by atoms with Crippen LogP contribution in [-0.2, 0) is 20.2 Å². The Kier molecular flexibility index (Phi) is 7.81. The Morgan fingerprint density at radius 1 is 0.674 bits per heavy atom.